The standard InChI is InChI=1S/C24H14F4N2O2.C2H6/c25-19-11-17(10-18(12-19)23(31)32)15-7-4-8-16(9-15)22-29-20(14-5-2-1-3-6-14)13-21(30-22)24(26,27)28;1-2/h1-13H,(H,31,32);1-2H3. The summed E-state index contributed by atoms with van der Waals surface area (Å²) in [5, 5.41) is 9.17. The maximum Gasteiger partial charge on any atom is 0.433 e. The largest absolute Gasteiger partial charge is 0.478 e. The van der Waals surface area contributed by atoms with Crippen molar-refractivity contribution in [3.05, 3.63) is 95.9 Å². The molecule has 0 aliphatic rings. The molecule has 174 valence electrons. The third kappa shape index (κ3) is 5.64. The molecule has 4 nitrogen and oxygen atoms in total. The van der Waals surface area contributed by atoms with Crippen molar-refractivity contribution in [1.82, 2.24) is 9.97 Å². The Morgan fingerprint density at radius 3 is 2.06 bits per heavy atom. The van der Waals surface area contributed by atoms with Crippen molar-refractivity contribution in [3.63, 3.8) is 0 Å². The Hall–Kier alpha value is -4.07. The van der Waals surface area contributed by atoms with E-state index in [0.29, 0.717) is 11.1 Å². The van der Waals surface area contributed by atoms with Crippen LogP contribution in [0, 0.1) is 5.82 Å². The monoisotopic (exact) mass is 468 g/mol. The molecule has 1 N–H and O–H groups in total. The van der Waals surface area contributed by atoms with Gasteiger partial charge in [0.2, 0.25) is 0 Å². The number of carbonyl (C=O) groups is 1. The molecule has 1 aromatic heterocycles. The molecule has 34 heavy (non-hydrogen) atoms. The van der Waals surface area contributed by atoms with Crippen molar-refractivity contribution in [3.8, 4) is 33.8 Å². The second-order valence-corrected chi connectivity index (χ2v) is 6.94. The lowest BCUT2D eigenvalue weighted by Gasteiger charge is -2.12. The minimum Gasteiger partial charge on any atom is -0.478 e. The molecule has 0 unspecified atom stereocenters. The molecule has 0 saturated heterocycles. The van der Waals surface area contributed by atoms with Gasteiger partial charge in [0, 0.05) is 11.1 Å². The minimum atomic E-state index is -4.68. The normalized spacial score (nSPS) is 10.9. The van der Waals surface area contributed by atoms with Gasteiger partial charge in [0.1, 0.15) is 11.5 Å². The van der Waals surface area contributed by atoms with Gasteiger partial charge in [-0.1, -0.05) is 62.4 Å². The summed E-state index contributed by atoms with van der Waals surface area (Å²) in [5.74, 6) is -2.20. The van der Waals surface area contributed by atoms with Crippen molar-refractivity contribution in [1.29, 1.82) is 0 Å². The van der Waals surface area contributed by atoms with Gasteiger partial charge in [-0.3, -0.25) is 0 Å². The van der Waals surface area contributed by atoms with Crippen LogP contribution in [0.25, 0.3) is 33.8 Å². The van der Waals surface area contributed by atoms with E-state index in [-0.39, 0.29) is 28.2 Å². The van der Waals surface area contributed by atoms with Crippen LogP contribution in [0.5, 0.6) is 0 Å². The van der Waals surface area contributed by atoms with Crippen molar-refractivity contribution >= 4 is 5.97 Å². The van der Waals surface area contributed by atoms with Crippen LogP contribution in [0.3, 0.4) is 0 Å². The molecule has 8 heteroatoms. The van der Waals surface area contributed by atoms with Gasteiger partial charge in [-0.25, -0.2) is 19.2 Å². The third-order valence-corrected chi connectivity index (χ3v) is 4.68. The summed E-state index contributed by atoms with van der Waals surface area (Å²) in [6.45, 7) is 4.00. The van der Waals surface area contributed by atoms with Gasteiger partial charge in [0.25, 0.3) is 0 Å². The molecule has 0 saturated carbocycles. The maximum atomic E-state index is 13.9. The highest BCUT2D eigenvalue weighted by molar-refractivity contribution is 5.89. The Morgan fingerprint density at radius 1 is 0.765 bits per heavy atom. The summed E-state index contributed by atoms with van der Waals surface area (Å²) in [4.78, 5) is 19.2. The Bertz CT molecular complexity index is 1310. The summed E-state index contributed by atoms with van der Waals surface area (Å²) in [5.41, 5.74) is 0.206. The molecule has 0 atom stereocenters. The first kappa shape index (κ1) is 24.6. The van der Waals surface area contributed by atoms with Crippen LogP contribution < -0.4 is 0 Å². The first-order chi connectivity index (χ1) is 16.2. The summed E-state index contributed by atoms with van der Waals surface area (Å²) >= 11 is 0. The zero-order valence-corrected chi connectivity index (χ0v) is 18.3. The van der Waals surface area contributed by atoms with Crippen LogP contribution in [0.4, 0.5) is 17.6 Å². The van der Waals surface area contributed by atoms with E-state index >= 15 is 0 Å². The molecule has 0 aliphatic carbocycles. The topological polar surface area (TPSA) is 63.1 Å². The van der Waals surface area contributed by atoms with Crippen LogP contribution in [0.1, 0.15) is 29.9 Å². The predicted octanol–water partition coefficient (Wildman–Crippen LogP) is 7.36. The fraction of sp³-hybridized carbons (Fsp3) is 0.115. The van der Waals surface area contributed by atoms with E-state index in [9.17, 15) is 22.4 Å². The SMILES string of the molecule is CC.O=C(O)c1cc(F)cc(-c2cccc(-c3nc(-c4ccccc4)cc(C(F)(F)F)n3)c2)c1. The lowest BCUT2D eigenvalue weighted by molar-refractivity contribution is -0.141. The Labute approximate surface area is 193 Å². The number of hydrogen-bond acceptors (Lipinski definition) is 3. The van der Waals surface area contributed by atoms with Crippen molar-refractivity contribution in [2.75, 3.05) is 0 Å². The molecule has 0 fully saturated rings. The smallest absolute Gasteiger partial charge is 0.433 e. The number of rotatable bonds is 4. The predicted molar refractivity (Wildman–Crippen MR) is 122 cm³/mol. The number of alkyl halides is 3. The van der Waals surface area contributed by atoms with E-state index in [2.05, 4.69) is 9.97 Å². The Morgan fingerprint density at radius 2 is 1.41 bits per heavy atom. The summed E-state index contributed by atoms with van der Waals surface area (Å²) in [6.07, 6.45) is -4.68. The van der Waals surface area contributed by atoms with Gasteiger partial charge < -0.3 is 5.11 Å². The van der Waals surface area contributed by atoms with Crippen LogP contribution in [0.2, 0.25) is 0 Å². The molecule has 0 bridgehead atoms. The van der Waals surface area contributed by atoms with Crippen molar-refractivity contribution < 1.29 is 27.5 Å². The van der Waals surface area contributed by atoms with Gasteiger partial charge in [0.05, 0.1) is 11.3 Å². The average molecular weight is 468 g/mol. The number of carboxylic acid groups (broad SMARTS) is 1. The van der Waals surface area contributed by atoms with E-state index < -0.39 is 23.7 Å². The molecule has 1 heterocycles. The molecule has 0 radical (unpaired) electrons. The van der Waals surface area contributed by atoms with Gasteiger partial charge in [0.15, 0.2) is 5.82 Å². The van der Waals surface area contributed by atoms with E-state index in [0.717, 1.165) is 18.2 Å². The number of carboxylic acids is 1. The fourth-order valence-electron chi connectivity index (χ4n) is 3.20. The van der Waals surface area contributed by atoms with E-state index in [1.165, 1.54) is 18.2 Å². The van der Waals surface area contributed by atoms with Gasteiger partial charge in [-0.2, -0.15) is 13.2 Å². The fourth-order valence-corrected chi connectivity index (χ4v) is 3.20. The van der Waals surface area contributed by atoms with Crippen LogP contribution >= 0.6 is 0 Å². The molecule has 3 aromatic carbocycles. The van der Waals surface area contributed by atoms with E-state index in [1.807, 2.05) is 13.8 Å². The summed E-state index contributed by atoms with van der Waals surface area (Å²) < 4.78 is 54.4. The highest BCUT2D eigenvalue weighted by Crippen LogP contribution is 2.33. The molecule has 0 amide bonds. The van der Waals surface area contributed by atoms with Crippen molar-refractivity contribution in [2.45, 2.75) is 20.0 Å². The Kier molecular flexibility index (Phi) is 7.40. The highest BCUT2D eigenvalue weighted by Gasteiger charge is 2.34. The zero-order valence-electron chi connectivity index (χ0n) is 18.3. The molecular formula is C26H20F4N2O2. The van der Waals surface area contributed by atoms with Crippen LogP contribution in [0.15, 0.2) is 78.9 Å². The molecule has 4 aromatic rings. The highest BCUT2D eigenvalue weighted by atomic mass is 19.4. The number of nitrogens with zero attached hydrogens (tertiary/aromatic N) is 2. The number of hydrogen-bond donors (Lipinski definition) is 1. The maximum absolute atomic E-state index is 13.9. The number of aromatic carboxylic acids is 1. The first-order valence-corrected chi connectivity index (χ1v) is 10.4. The lowest BCUT2D eigenvalue weighted by Crippen LogP contribution is -2.10. The average Bonchev–Trinajstić information content (AvgIpc) is 2.84. The van der Waals surface area contributed by atoms with E-state index in [4.69, 9.17) is 5.11 Å². The second-order valence-electron chi connectivity index (χ2n) is 6.94. The van der Waals surface area contributed by atoms with Gasteiger partial charge in [-0.15, -0.1) is 0 Å². The van der Waals surface area contributed by atoms with Gasteiger partial charge >= 0.3 is 12.1 Å². The number of halogens is 4. The first-order valence-electron chi connectivity index (χ1n) is 10.4. The number of benzene rings is 3. The molecule has 0 aliphatic heterocycles. The molecule has 4 rings (SSSR count). The summed E-state index contributed by atoms with van der Waals surface area (Å²) in [6, 6.07) is 18.8. The zero-order chi connectivity index (χ0) is 24.9. The summed E-state index contributed by atoms with van der Waals surface area (Å²) in [7, 11) is 0. The lowest BCUT2D eigenvalue weighted by atomic mass is 10.0. The minimum absolute atomic E-state index is 0.104. The van der Waals surface area contributed by atoms with Crippen molar-refractivity contribution in [2.24, 2.45) is 0 Å². The van der Waals surface area contributed by atoms with Gasteiger partial charge in [-0.05, 0) is 41.5 Å². The Balaban J connectivity index is 0.00000158. The molecular weight excluding hydrogens is 448 g/mol. The molecule has 0 spiro atoms. The number of aromatic nitrogens is 2. The third-order valence-electron chi connectivity index (χ3n) is 4.68. The van der Waals surface area contributed by atoms with Crippen LogP contribution in [-0.2, 0) is 6.18 Å². The second kappa shape index (κ2) is 10.2. The van der Waals surface area contributed by atoms with E-state index in [1.54, 1.807) is 42.5 Å². The quantitative estimate of drug-likeness (QED) is 0.318. The van der Waals surface area contributed by atoms with Crippen LogP contribution in [-0.4, -0.2) is 21.0 Å².